The van der Waals surface area contributed by atoms with Gasteiger partial charge in [0.15, 0.2) is 0 Å². The van der Waals surface area contributed by atoms with Crippen molar-refractivity contribution in [1.29, 1.82) is 0 Å². The normalized spacial score (nSPS) is 12.3. The fourth-order valence-corrected chi connectivity index (χ4v) is 2.61. The van der Waals surface area contributed by atoms with E-state index in [-0.39, 0.29) is 11.3 Å². The standard InChI is InChI=1S/C17H27NO/c1-10(2)13-8-12(16(18)19)9-14(11(3)4)15(13)17(5,6)7/h8-11H,1-7H3,(H2,18,19). The molecule has 0 aliphatic heterocycles. The Labute approximate surface area is 117 Å². The van der Waals surface area contributed by atoms with Gasteiger partial charge in [-0.15, -0.1) is 0 Å². The molecule has 0 atom stereocenters. The van der Waals surface area contributed by atoms with Crippen molar-refractivity contribution in [3.8, 4) is 0 Å². The lowest BCUT2D eigenvalue weighted by Crippen LogP contribution is -2.21. The first-order chi connectivity index (χ1) is 8.55. The first-order valence-electron chi connectivity index (χ1n) is 7.03. The van der Waals surface area contributed by atoms with Gasteiger partial charge in [0, 0.05) is 5.56 Å². The lowest BCUT2D eigenvalue weighted by atomic mass is 9.75. The minimum absolute atomic E-state index is 0.0649. The largest absolute Gasteiger partial charge is 0.366 e. The van der Waals surface area contributed by atoms with E-state index in [1.54, 1.807) is 0 Å². The van der Waals surface area contributed by atoms with Crippen molar-refractivity contribution < 1.29 is 4.79 Å². The van der Waals surface area contributed by atoms with Crippen molar-refractivity contribution in [2.45, 2.75) is 65.7 Å². The maximum atomic E-state index is 11.5. The van der Waals surface area contributed by atoms with Gasteiger partial charge in [-0.25, -0.2) is 0 Å². The summed E-state index contributed by atoms with van der Waals surface area (Å²) in [6.07, 6.45) is 0. The summed E-state index contributed by atoms with van der Waals surface area (Å²) in [6, 6.07) is 3.94. The molecule has 0 spiro atoms. The molecule has 19 heavy (non-hydrogen) atoms. The number of hydrogen-bond donors (Lipinski definition) is 1. The summed E-state index contributed by atoms with van der Waals surface area (Å²) in [7, 11) is 0. The third-order valence-electron chi connectivity index (χ3n) is 3.48. The molecule has 0 saturated carbocycles. The van der Waals surface area contributed by atoms with E-state index in [2.05, 4.69) is 48.5 Å². The Hall–Kier alpha value is -1.31. The van der Waals surface area contributed by atoms with Crippen LogP contribution in [0.5, 0.6) is 0 Å². The van der Waals surface area contributed by atoms with Crippen LogP contribution in [-0.4, -0.2) is 5.91 Å². The van der Waals surface area contributed by atoms with Gasteiger partial charge in [0.2, 0.25) is 5.91 Å². The topological polar surface area (TPSA) is 43.1 Å². The molecule has 1 amide bonds. The van der Waals surface area contributed by atoms with Crippen molar-refractivity contribution in [3.63, 3.8) is 0 Å². The van der Waals surface area contributed by atoms with Gasteiger partial charge in [0.05, 0.1) is 0 Å². The molecular formula is C17H27NO. The van der Waals surface area contributed by atoms with Gasteiger partial charge in [0.25, 0.3) is 0 Å². The van der Waals surface area contributed by atoms with Crippen molar-refractivity contribution in [3.05, 3.63) is 34.4 Å². The summed E-state index contributed by atoms with van der Waals surface area (Å²) in [5.41, 5.74) is 10.0. The van der Waals surface area contributed by atoms with Crippen LogP contribution in [-0.2, 0) is 5.41 Å². The molecule has 1 aromatic carbocycles. The van der Waals surface area contributed by atoms with E-state index < -0.39 is 0 Å². The minimum Gasteiger partial charge on any atom is -0.366 e. The predicted octanol–water partition coefficient (Wildman–Crippen LogP) is 4.33. The molecule has 0 aromatic heterocycles. The third-order valence-corrected chi connectivity index (χ3v) is 3.48. The van der Waals surface area contributed by atoms with Crippen LogP contribution < -0.4 is 5.73 Å². The number of carbonyl (C=O) groups is 1. The smallest absolute Gasteiger partial charge is 0.248 e. The molecule has 2 heteroatoms. The molecule has 2 N–H and O–H groups in total. The Bertz CT molecular complexity index is 450. The highest BCUT2D eigenvalue weighted by molar-refractivity contribution is 5.93. The monoisotopic (exact) mass is 261 g/mol. The van der Waals surface area contributed by atoms with Gasteiger partial charge in [-0.1, -0.05) is 48.5 Å². The first-order valence-corrected chi connectivity index (χ1v) is 7.03. The lowest BCUT2D eigenvalue weighted by molar-refractivity contribution is 0.1000. The molecule has 0 aliphatic rings. The molecule has 0 radical (unpaired) electrons. The average molecular weight is 261 g/mol. The molecule has 1 rings (SSSR count). The van der Waals surface area contributed by atoms with Crippen LogP contribution in [0.1, 0.15) is 87.4 Å². The number of primary amides is 1. The summed E-state index contributed by atoms with van der Waals surface area (Å²) in [4.78, 5) is 11.5. The van der Waals surface area contributed by atoms with Gasteiger partial charge in [0.1, 0.15) is 0 Å². The van der Waals surface area contributed by atoms with Crippen LogP contribution in [0.3, 0.4) is 0 Å². The van der Waals surface area contributed by atoms with Crippen molar-refractivity contribution in [2.75, 3.05) is 0 Å². The summed E-state index contributed by atoms with van der Waals surface area (Å²) in [6.45, 7) is 15.3. The average Bonchev–Trinajstić information content (AvgIpc) is 2.25. The van der Waals surface area contributed by atoms with E-state index >= 15 is 0 Å². The number of benzene rings is 1. The fourth-order valence-electron chi connectivity index (χ4n) is 2.61. The van der Waals surface area contributed by atoms with Gasteiger partial charge in [-0.3, -0.25) is 4.79 Å². The van der Waals surface area contributed by atoms with E-state index in [1.165, 1.54) is 16.7 Å². The summed E-state index contributed by atoms with van der Waals surface area (Å²) in [5.74, 6) is 0.418. The molecule has 0 aliphatic carbocycles. The van der Waals surface area contributed by atoms with Gasteiger partial charge in [-0.05, 0) is 46.1 Å². The molecule has 0 saturated heterocycles. The van der Waals surface area contributed by atoms with Gasteiger partial charge >= 0.3 is 0 Å². The molecule has 2 nitrogen and oxygen atoms in total. The maximum absolute atomic E-state index is 11.5. The fraction of sp³-hybridized carbons (Fsp3) is 0.588. The quantitative estimate of drug-likeness (QED) is 0.864. The maximum Gasteiger partial charge on any atom is 0.248 e. The van der Waals surface area contributed by atoms with Crippen LogP contribution in [0.4, 0.5) is 0 Å². The molecule has 0 unspecified atom stereocenters. The Kier molecular flexibility index (Phi) is 4.44. The lowest BCUT2D eigenvalue weighted by Gasteiger charge is -2.30. The van der Waals surface area contributed by atoms with Crippen molar-refractivity contribution in [2.24, 2.45) is 5.73 Å². The van der Waals surface area contributed by atoms with E-state index in [4.69, 9.17) is 5.73 Å². The molecule has 1 aromatic rings. The second kappa shape index (κ2) is 5.36. The zero-order valence-electron chi connectivity index (χ0n) is 13.3. The van der Waals surface area contributed by atoms with E-state index in [9.17, 15) is 4.79 Å². The van der Waals surface area contributed by atoms with Gasteiger partial charge < -0.3 is 5.73 Å². The number of carbonyl (C=O) groups excluding carboxylic acids is 1. The minimum atomic E-state index is -0.343. The highest BCUT2D eigenvalue weighted by atomic mass is 16.1. The van der Waals surface area contributed by atoms with Crippen LogP contribution in [0.25, 0.3) is 0 Å². The van der Waals surface area contributed by atoms with Crippen LogP contribution in [0.15, 0.2) is 12.1 Å². The van der Waals surface area contributed by atoms with Crippen molar-refractivity contribution in [1.82, 2.24) is 0 Å². The molecule has 106 valence electrons. The highest BCUT2D eigenvalue weighted by Crippen LogP contribution is 2.37. The Balaban J connectivity index is 3.71. The summed E-state index contributed by atoms with van der Waals surface area (Å²) in [5, 5.41) is 0. The van der Waals surface area contributed by atoms with E-state index in [1.807, 2.05) is 12.1 Å². The van der Waals surface area contributed by atoms with Gasteiger partial charge in [-0.2, -0.15) is 0 Å². The number of hydrogen-bond acceptors (Lipinski definition) is 1. The van der Waals surface area contributed by atoms with Crippen molar-refractivity contribution >= 4 is 5.91 Å². The van der Waals surface area contributed by atoms with E-state index in [0.29, 0.717) is 17.4 Å². The van der Waals surface area contributed by atoms with Crippen LogP contribution in [0.2, 0.25) is 0 Å². The first kappa shape index (κ1) is 15.7. The molecular weight excluding hydrogens is 234 g/mol. The Morgan fingerprint density at radius 1 is 1.00 bits per heavy atom. The second-order valence-corrected chi connectivity index (χ2v) is 6.95. The van der Waals surface area contributed by atoms with E-state index in [0.717, 1.165) is 0 Å². The third kappa shape index (κ3) is 3.37. The van der Waals surface area contributed by atoms with Crippen LogP contribution in [0, 0.1) is 0 Å². The number of amides is 1. The Morgan fingerprint density at radius 3 is 1.58 bits per heavy atom. The highest BCUT2D eigenvalue weighted by Gasteiger charge is 2.25. The molecule has 0 fully saturated rings. The zero-order chi connectivity index (χ0) is 15.0. The second-order valence-electron chi connectivity index (χ2n) is 6.95. The van der Waals surface area contributed by atoms with Crippen LogP contribution >= 0.6 is 0 Å². The Morgan fingerprint density at radius 2 is 1.37 bits per heavy atom. The zero-order valence-corrected chi connectivity index (χ0v) is 13.3. The predicted molar refractivity (Wildman–Crippen MR) is 81.8 cm³/mol. The molecule has 0 heterocycles. The number of nitrogens with two attached hydrogens (primary N) is 1. The SMILES string of the molecule is CC(C)c1cc(C(N)=O)cc(C(C)C)c1C(C)(C)C. The summed E-state index contributed by atoms with van der Waals surface area (Å²) < 4.78 is 0. The number of rotatable bonds is 3. The molecule has 0 bridgehead atoms. The summed E-state index contributed by atoms with van der Waals surface area (Å²) >= 11 is 0.